The Morgan fingerprint density at radius 1 is 1.17 bits per heavy atom. The van der Waals surface area contributed by atoms with Gasteiger partial charge in [-0.3, -0.25) is 4.79 Å². The molecule has 0 saturated heterocycles. The van der Waals surface area contributed by atoms with E-state index in [2.05, 4.69) is 10.00 Å². The van der Waals surface area contributed by atoms with Crippen LogP contribution in [0.4, 0.5) is 11.5 Å². The van der Waals surface area contributed by atoms with Gasteiger partial charge in [0.2, 0.25) is 5.91 Å². The van der Waals surface area contributed by atoms with E-state index in [-0.39, 0.29) is 18.1 Å². The van der Waals surface area contributed by atoms with E-state index in [4.69, 9.17) is 16.6 Å². The van der Waals surface area contributed by atoms with Gasteiger partial charge in [0.05, 0.1) is 35.7 Å². The van der Waals surface area contributed by atoms with Gasteiger partial charge < -0.3 is 14.9 Å². The molecule has 0 bridgehead atoms. The van der Waals surface area contributed by atoms with Gasteiger partial charge in [-0.2, -0.15) is 5.10 Å². The average Bonchev–Trinajstić information content (AvgIpc) is 3.14. The summed E-state index contributed by atoms with van der Waals surface area (Å²) in [7, 11) is 1.79. The van der Waals surface area contributed by atoms with Crippen molar-refractivity contribution in [3.8, 4) is 11.3 Å². The van der Waals surface area contributed by atoms with Crippen molar-refractivity contribution in [2.45, 2.75) is 37.8 Å². The summed E-state index contributed by atoms with van der Waals surface area (Å²) in [6.45, 7) is 0.307. The molecule has 0 spiro atoms. The monoisotopic (exact) mass is 411 g/mol. The molecule has 5 rings (SSSR count). The van der Waals surface area contributed by atoms with Gasteiger partial charge in [-0.15, -0.1) is 0 Å². The highest BCUT2D eigenvalue weighted by Crippen LogP contribution is 2.38. The molecule has 2 aliphatic rings. The summed E-state index contributed by atoms with van der Waals surface area (Å²) in [6, 6.07) is 7.75. The van der Waals surface area contributed by atoms with Crippen LogP contribution >= 0.6 is 11.6 Å². The fraction of sp³-hybridized carbons (Fsp3) is 0.381. The van der Waals surface area contributed by atoms with Crippen molar-refractivity contribution in [3.63, 3.8) is 0 Å². The molecular formula is C21H22ClN5O2. The molecule has 1 aliphatic heterocycles. The Morgan fingerprint density at radius 3 is 2.76 bits per heavy atom. The van der Waals surface area contributed by atoms with Crippen LogP contribution in [0.5, 0.6) is 0 Å². The fourth-order valence-corrected chi connectivity index (χ4v) is 4.51. The van der Waals surface area contributed by atoms with Gasteiger partial charge in [0.1, 0.15) is 0 Å². The van der Waals surface area contributed by atoms with Crippen LogP contribution in [0.1, 0.15) is 25.7 Å². The van der Waals surface area contributed by atoms with E-state index in [1.165, 1.54) is 0 Å². The molecule has 1 amide bonds. The fourth-order valence-electron chi connectivity index (χ4n) is 4.35. The van der Waals surface area contributed by atoms with Crippen LogP contribution in [0, 0.1) is 0 Å². The van der Waals surface area contributed by atoms with Gasteiger partial charge >= 0.3 is 0 Å². The quantitative estimate of drug-likeness (QED) is 0.701. The first-order valence-electron chi connectivity index (χ1n) is 9.87. The van der Waals surface area contributed by atoms with E-state index in [1.54, 1.807) is 28.7 Å². The van der Waals surface area contributed by atoms with Crippen molar-refractivity contribution in [1.29, 1.82) is 0 Å². The van der Waals surface area contributed by atoms with E-state index in [0.29, 0.717) is 11.6 Å². The lowest BCUT2D eigenvalue weighted by molar-refractivity contribution is -0.117. The largest absolute Gasteiger partial charge is 0.393 e. The van der Waals surface area contributed by atoms with Gasteiger partial charge in [-0.05, 0) is 49.9 Å². The molecule has 7 nitrogen and oxygen atoms in total. The van der Waals surface area contributed by atoms with E-state index in [0.717, 1.165) is 54.0 Å². The zero-order valence-electron chi connectivity index (χ0n) is 16.1. The number of aliphatic hydroxyl groups is 1. The molecule has 0 atom stereocenters. The highest BCUT2D eigenvalue weighted by atomic mass is 35.5. The number of carbonyl (C=O) groups excluding carboxylic acids is 1. The molecule has 1 fully saturated rings. The van der Waals surface area contributed by atoms with Crippen molar-refractivity contribution in [3.05, 3.63) is 41.7 Å². The SMILES string of the molecule is CN1C(=O)CN(C2CCC(O)CC2)c2nc(-c3cnn4ccc(Cl)cc34)ccc21. The highest BCUT2D eigenvalue weighted by molar-refractivity contribution is 6.31. The summed E-state index contributed by atoms with van der Waals surface area (Å²) in [6.07, 6.45) is 6.60. The van der Waals surface area contributed by atoms with Crippen molar-refractivity contribution in [1.82, 2.24) is 14.6 Å². The topological polar surface area (TPSA) is 74.0 Å². The number of carbonyl (C=O) groups is 1. The van der Waals surface area contributed by atoms with Crippen LogP contribution in [0.15, 0.2) is 36.7 Å². The second-order valence-electron chi connectivity index (χ2n) is 7.82. The van der Waals surface area contributed by atoms with Crippen LogP contribution in [-0.2, 0) is 4.79 Å². The standard InChI is InChI=1S/C21H22ClN5O2/c1-25-18-7-6-17(16-11-23-27-9-8-13(22)10-19(16)27)24-21(18)26(12-20(25)29)14-2-4-15(28)5-3-14/h6-11,14-15,28H,2-5,12H2,1H3. The molecule has 0 aromatic carbocycles. The van der Waals surface area contributed by atoms with Crippen LogP contribution < -0.4 is 9.80 Å². The Balaban J connectivity index is 1.59. The summed E-state index contributed by atoms with van der Waals surface area (Å²) in [5.41, 5.74) is 3.39. The van der Waals surface area contributed by atoms with Gasteiger partial charge in [-0.1, -0.05) is 11.6 Å². The summed E-state index contributed by atoms with van der Waals surface area (Å²) >= 11 is 6.19. The summed E-state index contributed by atoms with van der Waals surface area (Å²) in [4.78, 5) is 21.3. The summed E-state index contributed by atoms with van der Waals surface area (Å²) in [5.74, 6) is 0.869. The van der Waals surface area contributed by atoms with Crippen LogP contribution in [0.2, 0.25) is 5.02 Å². The van der Waals surface area contributed by atoms with E-state index < -0.39 is 0 Å². The van der Waals surface area contributed by atoms with Gasteiger partial charge in [0.15, 0.2) is 5.82 Å². The molecule has 0 unspecified atom stereocenters. The Labute approximate surface area is 173 Å². The number of rotatable bonds is 2. The zero-order valence-corrected chi connectivity index (χ0v) is 16.9. The number of aromatic nitrogens is 3. The molecule has 4 heterocycles. The third-order valence-electron chi connectivity index (χ3n) is 6.03. The normalized spacial score (nSPS) is 22.2. The van der Waals surface area contributed by atoms with Gasteiger partial charge in [0.25, 0.3) is 0 Å². The highest BCUT2D eigenvalue weighted by Gasteiger charge is 2.34. The maximum Gasteiger partial charge on any atom is 0.246 e. The van der Waals surface area contributed by atoms with E-state index in [9.17, 15) is 9.90 Å². The smallest absolute Gasteiger partial charge is 0.246 e. The molecule has 1 N–H and O–H groups in total. The van der Waals surface area contributed by atoms with Crippen LogP contribution in [0.25, 0.3) is 16.8 Å². The first kappa shape index (κ1) is 18.4. The number of fused-ring (bicyclic) bond motifs is 2. The number of amides is 1. The van der Waals surface area contributed by atoms with Crippen LogP contribution in [0.3, 0.4) is 0 Å². The summed E-state index contributed by atoms with van der Waals surface area (Å²) in [5, 5.41) is 14.9. The lowest BCUT2D eigenvalue weighted by Gasteiger charge is -2.41. The third-order valence-corrected chi connectivity index (χ3v) is 6.27. The predicted octanol–water partition coefficient (Wildman–Crippen LogP) is 3.14. The molecule has 3 aromatic rings. The molecule has 29 heavy (non-hydrogen) atoms. The van der Waals surface area contributed by atoms with E-state index in [1.807, 2.05) is 24.4 Å². The maximum absolute atomic E-state index is 12.6. The van der Waals surface area contributed by atoms with Crippen molar-refractivity contribution in [2.24, 2.45) is 0 Å². The number of anilines is 2. The molecule has 0 radical (unpaired) electrons. The minimum absolute atomic E-state index is 0.0564. The molecular weight excluding hydrogens is 390 g/mol. The zero-order chi connectivity index (χ0) is 20.1. The lowest BCUT2D eigenvalue weighted by Crippen LogP contribution is -2.50. The number of aliphatic hydroxyl groups excluding tert-OH is 1. The summed E-state index contributed by atoms with van der Waals surface area (Å²) < 4.78 is 1.78. The number of nitrogens with zero attached hydrogens (tertiary/aromatic N) is 5. The molecule has 8 heteroatoms. The predicted molar refractivity (Wildman–Crippen MR) is 112 cm³/mol. The number of likely N-dealkylation sites (N-methyl/N-ethyl adjacent to an activating group) is 1. The van der Waals surface area contributed by atoms with Crippen molar-refractivity contribution < 1.29 is 9.90 Å². The van der Waals surface area contributed by atoms with Crippen molar-refractivity contribution in [2.75, 3.05) is 23.4 Å². The molecule has 3 aromatic heterocycles. The van der Waals surface area contributed by atoms with Crippen molar-refractivity contribution >= 4 is 34.5 Å². The first-order valence-corrected chi connectivity index (χ1v) is 10.2. The number of pyridine rings is 2. The average molecular weight is 412 g/mol. The molecule has 150 valence electrons. The Hall–Kier alpha value is -2.64. The minimum atomic E-state index is -0.239. The second kappa shape index (κ2) is 7.00. The number of hydrogen-bond acceptors (Lipinski definition) is 5. The second-order valence-corrected chi connectivity index (χ2v) is 8.25. The first-order chi connectivity index (χ1) is 14.0. The number of hydrogen-bond donors (Lipinski definition) is 1. The van der Waals surface area contributed by atoms with Gasteiger partial charge in [0, 0.05) is 29.9 Å². The Bertz CT molecular complexity index is 1090. The minimum Gasteiger partial charge on any atom is -0.393 e. The van der Waals surface area contributed by atoms with Crippen LogP contribution in [-0.4, -0.2) is 51.4 Å². The maximum atomic E-state index is 12.6. The molecule has 1 aliphatic carbocycles. The molecule has 1 saturated carbocycles. The van der Waals surface area contributed by atoms with Gasteiger partial charge in [-0.25, -0.2) is 9.50 Å². The third kappa shape index (κ3) is 3.14. The Kier molecular flexibility index (Phi) is 4.44. The number of halogens is 1. The van der Waals surface area contributed by atoms with E-state index >= 15 is 0 Å². The lowest BCUT2D eigenvalue weighted by atomic mass is 9.91. The Morgan fingerprint density at radius 2 is 1.97 bits per heavy atom.